The van der Waals surface area contributed by atoms with Crippen molar-refractivity contribution in [3.63, 3.8) is 0 Å². The zero-order valence-corrected chi connectivity index (χ0v) is 12.8. The molecular formula is C15H23N3O3. The van der Waals surface area contributed by atoms with Crippen LogP contribution < -0.4 is 10.6 Å². The lowest BCUT2D eigenvalue weighted by molar-refractivity contribution is -0.384. The molecule has 0 heterocycles. The average Bonchev–Trinajstić information content (AvgIpc) is 2.46. The zero-order valence-electron chi connectivity index (χ0n) is 12.8. The fourth-order valence-corrected chi connectivity index (χ4v) is 1.85. The van der Waals surface area contributed by atoms with Gasteiger partial charge in [-0.05, 0) is 25.8 Å². The molecule has 0 aromatic heterocycles. The molecule has 2 N–H and O–H groups in total. The SMILES string of the molecule is CCC(C)NC(=O)CCNC(C)c1ccc([N+](=O)[O-])cc1. The quantitative estimate of drug-likeness (QED) is 0.570. The van der Waals surface area contributed by atoms with Crippen LogP contribution in [0.3, 0.4) is 0 Å². The van der Waals surface area contributed by atoms with Crippen molar-refractivity contribution in [1.82, 2.24) is 10.6 Å². The van der Waals surface area contributed by atoms with E-state index in [9.17, 15) is 14.9 Å². The third-order valence-corrected chi connectivity index (χ3v) is 3.43. The van der Waals surface area contributed by atoms with E-state index in [2.05, 4.69) is 10.6 Å². The lowest BCUT2D eigenvalue weighted by Gasteiger charge is -2.15. The van der Waals surface area contributed by atoms with Crippen molar-refractivity contribution in [3.8, 4) is 0 Å². The highest BCUT2D eigenvalue weighted by Crippen LogP contribution is 2.17. The van der Waals surface area contributed by atoms with Crippen LogP contribution in [-0.4, -0.2) is 23.4 Å². The van der Waals surface area contributed by atoms with Crippen LogP contribution >= 0.6 is 0 Å². The average molecular weight is 293 g/mol. The molecule has 1 aromatic rings. The molecule has 0 spiro atoms. The summed E-state index contributed by atoms with van der Waals surface area (Å²) in [7, 11) is 0. The maximum atomic E-state index is 11.6. The first-order valence-corrected chi connectivity index (χ1v) is 7.21. The van der Waals surface area contributed by atoms with E-state index in [1.807, 2.05) is 20.8 Å². The fourth-order valence-electron chi connectivity index (χ4n) is 1.85. The number of amides is 1. The summed E-state index contributed by atoms with van der Waals surface area (Å²) in [5.41, 5.74) is 1.04. The molecule has 6 nitrogen and oxygen atoms in total. The summed E-state index contributed by atoms with van der Waals surface area (Å²) in [5.74, 6) is 0.0350. The van der Waals surface area contributed by atoms with Crippen LogP contribution in [0.2, 0.25) is 0 Å². The van der Waals surface area contributed by atoms with E-state index < -0.39 is 4.92 Å². The van der Waals surface area contributed by atoms with E-state index >= 15 is 0 Å². The Labute approximate surface area is 125 Å². The molecule has 2 unspecified atom stereocenters. The van der Waals surface area contributed by atoms with Crippen molar-refractivity contribution in [2.45, 2.75) is 45.7 Å². The van der Waals surface area contributed by atoms with Gasteiger partial charge in [0.1, 0.15) is 0 Å². The number of carbonyl (C=O) groups excluding carboxylic acids is 1. The van der Waals surface area contributed by atoms with E-state index in [1.165, 1.54) is 12.1 Å². The van der Waals surface area contributed by atoms with Crippen molar-refractivity contribution < 1.29 is 9.72 Å². The first-order chi connectivity index (χ1) is 9.93. The number of nitrogens with zero attached hydrogens (tertiary/aromatic N) is 1. The smallest absolute Gasteiger partial charge is 0.269 e. The number of benzene rings is 1. The van der Waals surface area contributed by atoms with Crippen LogP contribution in [0.4, 0.5) is 5.69 Å². The third-order valence-electron chi connectivity index (χ3n) is 3.43. The molecule has 0 radical (unpaired) electrons. The number of carbonyl (C=O) groups is 1. The number of hydrogen-bond acceptors (Lipinski definition) is 4. The molecule has 0 aliphatic heterocycles. The number of hydrogen-bond donors (Lipinski definition) is 2. The first kappa shape index (κ1) is 17.1. The van der Waals surface area contributed by atoms with Crippen LogP contribution in [0.15, 0.2) is 24.3 Å². The molecule has 0 bridgehead atoms. The molecule has 1 rings (SSSR count). The largest absolute Gasteiger partial charge is 0.354 e. The zero-order chi connectivity index (χ0) is 15.8. The number of rotatable bonds is 8. The van der Waals surface area contributed by atoms with E-state index in [0.717, 1.165) is 12.0 Å². The summed E-state index contributed by atoms with van der Waals surface area (Å²) < 4.78 is 0. The van der Waals surface area contributed by atoms with E-state index in [1.54, 1.807) is 12.1 Å². The van der Waals surface area contributed by atoms with Crippen molar-refractivity contribution >= 4 is 11.6 Å². The Morgan fingerprint density at radius 1 is 1.29 bits per heavy atom. The molecule has 2 atom stereocenters. The van der Waals surface area contributed by atoms with Gasteiger partial charge in [0.2, 0.25) is 5.91 Å². The van der Waals surface area contributed by atoms with Gasteiger partial charge in [-0.25, -0.2) is 0 Å². The Balaban J connectivity index is 2.38. The Morgan fingerprint density at radius 2 is 1.90 bits per heavy atom. The van der Waals surface area contributed by atoms with Gasteiger partial charge in [0, 0.05) is 37.2 Å². The van der Waals surface area contributed by atoms with Gasteiger partial charge in [0.05, 0.1) is 4.92 Å². The molecular weight excluding hydrogens is 270 g/mol. The van der Waals surface area contributed by atoms with Crippen LogP contribution in [0.25, 0.3) is 0 Å². The van der Waals surface area contributed by atoms with Gasteiger partial charge in [-0.15, -0.1) is 0 Å². The second-order valence-electron chi connectivity index (χ2n) is 5.15. The Kier molecular flexibility index (Phi) is 6.81. The fraction of sp³-hybridized carbons (Fsp3) is 0.533. The molecule has 1 aromatic carbocycles. The molecule has 0 saturated heterocycles. The van der Waals surface area contributed by atoms with E-state index in [0.29, 0.717) is 13.0 Å². The van der Waals surface area contributed by atoms with Gasteiger partial charge in [0.15, 0.2) is 0 Å². The summed E-state index contributed by atoms with van der Waals surface area (Å²) in [6.07, 6.45) is 1.33. The monoisotopic (exact) mass is 293 g/mol. The summed E-state index contributed by atoms with van der Waals surface area (Å²) >= 11 is 0. The topological polar surface area (TPSA) is 84.3 Å². The highest BCUT2D eigenvalue weighted by molar-refractivity contribution is 5.76. The van der Waals surface area contributed by atoms with Gasteiger partial charge in [0.25, 0.3) is 5.69 Å². The van der Waals surface area contributed by atoms with Gasteiger partial charge in [-0.2, -0.15) is 0 Å². The standard InChI is InChI=1S/C15H23N3O3/c1-4-11(2)17-15(19)9-10-16-12(3)13-5-7-14(8-6-13)18(20)21/h5-8,11-12,16H,4,9-10H2,1-3H3,(H,17,19). The minimum absolute atomic E-state index is 0.0350. The molecule has 0 fully saturated rings. The van der Waals surface area contributed by atoms with Crippen LogP contribution in [0, 0.1) is 10.1 Å². The molecule has 1 amide bonds. The van der Waals surface area contributed by atoms with E-state index in [4.69, 9.17) is 0 Å². The number of non-ortho nitro benzene ring substituents is 1. The molecule has 116 valence electrons. The van der Waals surface area contributed by atoms with Crippen molar-refractivity contribution in [1.29, 1.82) is 0 Å². The van der Waals surface area contributed by atoms with Gasteiger partial charge in [-0.3, -0.25) is 14.9 Å². The predicted molar refractivity (Wildman–Crippen MR) is 82.0 cm³/mol. The number of nitro groups is 1. The van der Waals surface area contributed by atoms with E-state index in [-0.39, 0.29) is 23.7 Å². The summed E-state index contributed by atoms with van der Waals surface area (Å²) in [6.45, 7) is 6.54. The van der Waals surface area contributed by atoms with Gasteiger partial charge >= 0.3 is 0 Å². The Morgan fingerprint density at radius 3 is 2.43 bits per heavy atom. The number of nitro benzene ring substituents is 1. The van der Waals surface area contributed by atoms with Crippen molar-refractivity contribution in [3.05, 3.63) is 39.9 Å². The van der Waals surface area contributed by atoms with Crippen LogP contribution in [0.5, 0.6) is 0 Å². The highest BCUT2D eigenvalue weighted by Gasteiger charge is 2.10. The normalized spacial score (nSPS) is 13.5. The molecule has 0 aliphatic carbocycles. The lowest BCUT2D eigenvalue weighted by atomic mass is 10.1. The maximum absolute atomic E-state index is 11.6. The Bertz CT molecular complexity index is 474. The molecule has 0 saturated carbocycles. The summed E-state index contributed by atoms with van der Waals surface area (Å²) in [4.78, 5) is 21.8. The highest BCUT2D eigenvalue weighted by atomic mass is 16.6. The lowest BCUT2D eigenvalue weighted by Crippen LogP contribution is -2.34. The minimum atomic E-state index is -0.416. The van der Waals surface area contributed by atoms with Gasteiger partial charge in [-0.1, -0.05) is 19.1 Å². The molecule has 0 aliphatic rings. The molecule has 6 heteroatoms. The second-order valence-corrected chi connectivity index (χ2v) is 5.15. The van der Waals surface area contributed by atoms with Crippen molar-refractivity contribution in [2.75, 3.05) is 6.54 Å². The Hall–Kier alpha value is -1.95. The van der Waals surface area contributed by atoms with Crippen molar-refractivity contribution in [2.24, 2.45) is 0 Å². The first-order valence-electron chi connectivity index (χ1n) is 7.21. The second kappa shape index (κ2) is 8.36. The molecule has 21 heavy (non-hydrogen) atoms. The summed E-state index contributed by atoms with van der Waals surface area (Å²) in [6, 6.07) is 6.68. The van der Waals surface area contributed by atoms with Crippen LogP contribution in [-0.2, 0) is 4.79 Å². The maximum Gasteiger partial charge on any atom is 0.269 e. The number of nitrogens with one attached hydrogen (secondary N) is 2. The minimum Gasteiger partial charge on any atom is -0.354 e. The summed E-state index contributed by atoms with van der Waals surface area (Å²) in [5, 5.41) is 16.7. The van der Waals surface area contributed by atoms with Gasteiger partial charge < -0.3 is 10.6 Å². The third kappa shape index (κ3) is 5.91. The van der Waals surface area contributed by atoms with Crippen LogP contribution in [0.1, 0.15) is 45.2 Å². The predicted octanol–water partition coefficient (Wildman–Crippen LogP) is 2.55.